The molecule has 95 heavy (non-hydrogen) atoms. The Hall–Kier alpha value is -1.94. The largest absolute Gasteiger partial charge is 0.472 e. The van der Waals surface area contributed by atoms with Crippen LogP contribution in [0.5, 0.6) is 0 Å². The number of ether oxygens (including phenoxy) is 4. The van der Waals surface area contributed by atoms with Gasteiger partial charge in [0, 0.05) is 25.7 Å². The highest BCUT2D eigenvalue weighted by atomic mass is 31.2. The highest BCUT2D eigenvalue weighted by molar-refractivity contribution is 7.47. The van der Waals surface area contributed by atoms with Crippen LogP contribution >= 0.6 is 15.6 Å². The average Bonchev–Trinajstić information content (AvgIpc) is 2.19. The van der Waals surface area contributed by atoms with Crippen molar-refractivity contribution in [3.8, 4) is 0 Å². The van der Waals surface area contributed by atoms with E-state index in [2.05, 4.69) is 27.7 Å². The molecule has 0 aromatic heterocycles. The van der Waals surface area contributed by atoms with E-state index in [1.54, 1.807) is 0 Å². The van der Waals surface area contributed by atoms with Crippen molar-refractivity contribution in [3.05, 3.63) is 0 Å². The predicted octanol–water partition coefficient (Wildman–Crippen LogP) is 22.6. The van der Waals surface area contributed by atoms with Gasteiger partial charge < -0.3 is 33.8 Å². The molecule has 0 amide bonds. The third-order valence-corrected chi connectivity index (χ3v) is 19.8. The van der Waals surface area contributed by atoms with Crippen molar-refractivity contribution in [2.24, 2.45) is 0 Å². The Labute approximate surface area is 581 Å². The van der Waals surface area contributed by atoms with Crippen molar-refractivity contribution in [1.29, 1.82) is 0 Å². The number of rotatable bonds is 77. The predicted molar refractivity (Wildman–Crippen MR) is 386 cm³/mol. The first-order valence-corrected chi connectivity index (χ1v) is 42.8. The van der Waals surface area contributed by atoms with Crippen LogP contribution < -0.4 is 0 Å². The molecule has 0 heterocycles. The lowest BCUT2D eigenvalue weighted by molar-refractivity contribution is -0.161. The van der Waals surface area contributed by atoms with Gasteiger partial charge in [0.25, 0.3) is 0 Å². The minimum Gasteiger partial charge on any atom is -0.462 e. The molecule has 3 N–H and O–H groups in total. The molecule has 0 aliphatic carbocycles. The molecule has 0 aliphatic heterocycles. The van der Waals surface area contributed by atoms with E-state index in [9.17, 15) is 43.2 Å². The fraction of sp³-hybridized carbons (Fsp3) is 0.947. The second kappa shape index (κ2) is 70.5. The molecule has 5 atom stereocenters. The van der Waals surface area contributed by atoms with E-state index in [0.29, 0.717) is 25.7 Å². The van der Waals surface area contributed by atoms with Gasteiger partial charge in [-0.2, -0.15) is 0 Å². The Bertz CT molecular complexity index is 1810. The Morgan fingerprint density at radius 2 is 0.421 bits per heavy atom. The lowest BCUT2D eigenvalue weighted by Crippen LogP contribution is -2.30. The lowest BCUT2D eigenvalue weighted by Gasteiger charge is -2.21. The van der Waals surface area contributed by atoms with E-state index in [-0.39, 0.29) is 25.7 Å². The second-order valence-corrected chi connectivity index (χ2v) is 30.3. The molecule has 564 valence electrons. The summed E-state index contributed by atoms with van der Waals surface area (Å²) in [6.07, 6.45) is 61.4. The molecule has 0 bridgehead atoms. The van der Waals surface area contributed by atoms with Crippen molar-refractivity contribution in [1.82, 2.24) is 0 Å². The second-order valence-electron chi connectivity index (χ2n) is 27.4. The number of unbranched alkanes of at least 4 members (excludes halogenated alkanes) is 51. The summed E-state index contributed by atoms with van der Waals surface area (Å²) in [7, 11) is -9.90. The van der Waals surface area contributed by atoms with Gasteiger partial charge in [-0.15, -0.1) is 0 Å². The minimum absolute atomic E-state index is 0.106. The van der Waals surface area contributed by atoms with E-state index in [1.165, 1.54) is 225 Å². The zero-order chi connectivity index (χ0) is 69.7. The lowest BCUT2D eigenvalue weighted by atomic mass is 10.0. The van der Waals surface area contributed by atoms with E-state index >= 15 is 0 Å². The summed E-state index contributed by atoms with van der Waals surface area (Å²) in [6.45, 7) is 4.92. The number of phosphoric ester groups is 2. The zero-order valence-electron chi connectivity index (χ0n) is 61.6. The van der Waals surface area contributed by atoms with Crippen molar-refractivity contribution >= 4 is 39.5 Å². The number of aliphatic hydroxyl groups excluding tert-OH is 1. The van der Waals surface area contributed by atoms with Crippen LogP contribution in [-0.4, -0.2) is 96.7 Å². The minimum atomic E-state index is -4.95. The molecule has 0 aromatic rings. The number of hydrogen-bond donors (Lipinski definition) is 3. The van der Waals surface area contributed by atoms with Gasteiger partial charge >= 0.3 is 39.5 Å². The molecule has 0 radical (unpaired) electrons. The van der Waals surface area contributed by atoms with E-state index in [0.717, 1.165) is 103 Å². The number of esters is 4. The van der Waals surface area contributed by atoms with Gasteiger partial charge in [0.1, 0.15) is 19.3 Å². The average molecular weight is 1400 g/mol. The van der Waals surface area contributed by atoms with Crippen LogP contribution in [0.2, 0.25) is 0 Å². The van der Waals surface area contributed by atoms with Crippen molar-refractivity contribution in [3.63, 3.8) is 0 Å². The molecule has 0 spiro atoms. The van der Waals surface area contributed by atoms with Gasteiger partial charge in [-0.1, -0.05) is 355 Å². The van der Waals surface area contributed by atoms with Gasteiger partial charge in [0.2, 0.25) is 0 Å². The van der Waals surface area contributed by atoms with Gasteiger partial charge in [-0.25, -0.2) is 9.13 Å². The van der Waals surface area contributed by atoms with Gasteiger partial charge in [-0.3, -0.25) is 37.3 Å². The zero-order valence-corrected chi connectivity index (χ0v) is 63.4. The first kappa shape index (κ1) is 93.1. The number of phosphoric acid groups is 2. The molecule has 0 rings (SSSR count). The molecule has 0 aromatic carbocycles. The smallest absolute Gasteiger partial charge is 0.462 e. The van der Waals surface area contributed by atoms with E-state index in [4.69, 9.17) is 37.0 Å². The number of hydrogen-bond acceptors (Lipinski definition) is 15. The van der Waals surface area contributed by atoms with Crippen LogP contribution in [0.4, 0.5) is 0 Å². The number of carbonyl (C=O) groups excluding carboxylic acids is 4. The van der Waals surface area contributed by atoms with Crippen LogP contribution in [0.1, 0.15) is 407 Å². The number of carbonyl (C=O) groups is 4. The molecular formula is C76H148O17P2. The van der Waals surface area contributed by atoms with Crippen LogP contribution in [0.25, 0.3) is 0 Å². The molecule has 0 fully saturated rings. The Morgan fingerprint density at radius 3 is 0.621 bits per heavy atom. The fourth-order valence-electron chi connectivity index (χ4n) is 11.8. The summed E-state index contributed by atoms with van der Waals surface area (Å²) in [4.78, 5) is 72.6. The van der Waals surface area contributed by atoms with Crippen molar-refractivity contribution < 1.29 is 80.2 Å². The summed E-state index contributed by atoms with van der Waals surface area (Å²) in [6, 6.07) is 0. The molecule has 19 heteroatoms. The summed E-state index contributed by atoms with van der Waals surface area (Å²) >= 11 is 0. The standard InChI is InChI=1S/C76H148O17P2/c1-5-9-13-17-21-24-26-28-30-32-34-36-38-40-42-44-47-51-55-59-63-76(81)93-72(67-87-74(79)61-57-53-49-46-43-41-39-37-35-33-31-29-27-25-22-18-14-10-6-2)69-91-95(84,85)89-65-70(77)64-88-94(82,83)90-68-71(66-86-73(78)60-56-52-48-20-16-12-8-4)92-75(80)62-58-54-50-45-23-19-15-11-7-3/h70-72,77H,5-69H2,1-4H3,(H,82,83)(H,84,85)/t70-,71+,72+/m0/s1. The summed E-state index contributed by atoms with van der Waals surface area (Å²) < 4.78 is 68.3. The fourth-order valence-corrected chi connectivity index (χ4v) is 13.3. The maximum atomic E-state index is 13.1. The third kappa shape index (κ3) is 70.3. The topological polar surface area (TPSA) is 237 Å². The van der Waals surface area contributed by atoms with Crippen LogP contribution in [-0.2, 0) is 65.4 Å². The normalized spacial score (nSPS) is 13.9. The van der Waals surface area contributed by atoms with E-state index in [1.807, 2.05) is 0 Å². The monoisotopic (exact) mass is 1400 g/mol. The maximum absolute atomic E-state index is 13.1. The van der Waals surface area contributed by atoms with Crippen LogP contribution in [0, 0.1) is 0 Å². The van der Waals surface area contributed by atoms with Crippen LogP contribution in [0.15, 0.2) is 0 Å². The van der Waals surface area contributed by atoms with Gasteiger partial charge in [0.05, 0.1) is 26.4 Å². The quantitative estimate of drug-likeness (QED) is 0.0222. The highest BCUT2D eigenvalue weighted by Crippen LogP contribution is 2.45. The highest BCUT2D eigenvalue weighted by Gasteiger charge is 2.30. The molecular weight excluding hydrogens is 1250 g/mol. The molecule has 2 unspecified atom stereocenters. The van der Waals surface area contributed by atoms with Gasteiger partial charge in [0.15, 0.2) is 12.2 Å². The van der Waals surface area contributed by atoms with Gasteiger partial charge in [-0.05, 0) is 25.7 Å². The number of aliphatic hydroxyl groups is 1. The molecule has 17 nitrogen and oxygen atoms in total. The molecule has 0 saturated carbocycles. The first-order valence-electron chi connectivity index (χ1n) is 39.8. The first-order chi connectivity index (χ1) is 46.2. The van der Waals surface area contributed by atoms with Crippen molar-refractivity contribution in [2.45, 2.75) is 425 Å². The summed E-state index contributed by atoms with van der Waals surface area (Å²) in [5, 5.41) is 10.6. The summed E-state index contributed by atoms with van der Waals surface area (Å²) in [5.41, 5.74) is 0. The molecule has 0 saturated heterocycles. The maximum Gasteiger partial charge on any atom is 0.472 e. The third-order valence-electron chi connectivity index (χ3n) is 17.9. The van der Waals surface area contributed by atoms with Crippen molar-refractivity contribution in [2.75, 3.05) is 39.6 Å². The Kier molecular flexibility index (Phi) is 69.1. The Morgan fingerprint density at radius 1 is 0.253 bits per heavy atom. The molecule has 0 aliphatic rings. The SMILES string of the molecule is CCCCCCCCCCCCCCCCCCCCCCC(=O)O[C@H](COC(=O)CCCCCCCCCCCCCCCCCCCCC)COP(=O)(O)OC[C@@H](O)COP(=O)(O)OC[C@@H](COC(=O)CCCCCCCCC)OC(=O)CCCCCCCCCCC. The Balaban J connectivity index is 5.13. The van der Waals surface area contributed by atoms with Crippen LogP contribution in [0.3, 0.4) is 0 Å². The van der Waals surface area contributed by atoms with E-state index < -0.39 is 97.5 Å². The summed E-state index contributed by atoms with van der Waals surface area (Å²) in [5.74, 6) is -2.12.